The molecule has 0 unspecified atom stereocenters. The van der Waals surface area contributed by atoms with Gasteiger partial charge in [0.2, 0.25) is 26.2 Å². The monoisotopic (exact) mass is 532 g/mol. The highest BCUT2D eigenvalue weighted by atomic mass is 35.5. The number of ether oxygens (including phenoxy) is 3. The second-order valence-corrected chi connectivity index (χ2v) is 11.3. The van der Waals surface area contributed by atoms with Gasteiger partial charge in [0.15, 0.2) is 17.3 Å². The minimum Gasteiger partial charge on any atom is -0.487 e. The summed E-state index contributed by atoms with van der Waals surface area (Å²) in [6.07, 6.45) is 1.45. The van der Waals surface area contributed by atoms with Crippen molar-refractivity contribution in [2.24, 2.45) is 10.1 Å². The molecule has 1 N–H and O–H groups in total. The molecule has 2 aromatic rings. The number of amidine groups is 2. The molecule has 1 amide bonds. The molecule has 5 rings (SSSR count). The maximum atomic E-state index is 12.6. The van der Waals surface area contributed by atoms with Gasteiger partial charge in [0, 0.05) is 0 Å². The van der Waals surface area contributed by atoms with Crippen LogP contribution in [0, 0.1) is 5.41 Å². The first kappa shape index (κ1) is 23.4. The number of carbonyl (C=O) groups is 1. The van der Waals surface area contributed by atoms with Crippen LogP contribution in [-0.2, 0) is 21.2 Å². The minimum atomic E-state index is -3.59. The van der Waals surface area contributed by atoms with Gasteiger partial charge in [0.1, 0.15) is 12.4 Å². The summed E-state index contributed by atoms with van der Waals surface area (Å²) < 4.78 is 40.5. The van der Waals surface area contributed by atoms with Crippen LogP contribution in [0.15, 0.2) is 52.1 Å². The SMILES string of the molecule is CCS(=O)(=O)C1=NN2C(=N)/C(=C\c3ccc(OCc4ccc5c(c4)OCO5)c(Cl)c3)C(=O)N=C2S1. The lowest BCUT2D eigenvalue weighted by molar-refractivity contribution is -0.114. The summed E-state index contributed by atoms with van der Waals surface area (Å²) in [4.78, 5) is 16.5. The highest BCUT2D eigenvalue weighted by molar-refractivity contribution is 8.42. The predicted molar refractivity (Wildman–Crippen MR) is 133 cm³/mol. The van der Waals surface area contributed by atoms with Crippen LogP contribution in [0.5, 0.6) is 17.2 Å². The predicted octanol–water partition coefficient (Wildman–Crippen LogP) is 3.66. The number of hydrogen-bond donors (Lipinski definition) is 1. The molecule has 0 fully saturated rings. The van der Waals surface area contributed by atoms with Crippen LogP contribution >= 0.6 is 23.4 Å². The summed E-state index contributed by atoms with van der Waals surface area (Å²) in [5, 5.41) is 13.8. The number of thioether (sulfide) groups is 1. The standard InChI is InChI=1S/C22H17ClN4O6S2/c1-2-35(29,30)22-26-27-19(24)14(20(28)25-21(27)34-22)7-12-3-5-16(15(23)8-12)31-10-13-4-6-17-18(9-13)33-11-32-17/h3-9,24H,2,10-11H2,1H3/b14-7+,24-19?. The lowest BCUT2D eigenvalue weighted by Crippen LogP contribution is -2.35. The average molecular weight is 533 g/mol. The molecular formula is C22H17ClN4O6S2. The van der Waals surface area contributed by atoms with Gasteiger partial charge < -0.3 is 14.2 Å². The first-order valence-electron chi connectivity index (χ1n) is 10.3. The Bertz CT molecular complexity index is 1470. The van der Waals surface area contributed by atoms with Gasteiger partial charge in [-0.05, 0) is 53.2 Å². The molecular weight excluding hydrogens is 516 g/mol. The van der Waals surface area contributed by atoms with E-state index in [1.165, 1.54) is 13.0 Å². The molecule has 0 spiro atoms. The van der Waals surface area contributed by atoms with E-state index >= 15 is 0 Å². The number of benzene rings is 2. The zero-order chi connectivity index (χ0) is 24.7. The Kier molecular flexibility index (Phi) is 6.03. The molecule has 3 aliphatic rings. The Labute approximate surface area is 209 Å². The van der Waals surface area contributed by atoms with E-state index in [0.29, 0.717) is 27.8 Å². The highest BCUT2D eigenvalue weighted by Gasteiger charge is 2.39. The number of halogens is 1. The Balaban J connectivity index is 1.33. The van der Waals surface area contributed by atoms with Crippen molar-refractivity contribution in [2.45, 2.75) is 13.5 Å². The van der Waals surface area contributed by atoms with Crippen LogP contribution < -0.4 is 14.2 Å². The number of hydrazone groups is 1. The van der Waals surface area contributed by atoms with E-state index in [2.05, 4.69) is 10.1 Å². The molecule has 3 aliphatic heterocycles. The fourth-order valence-electron chi connectivity index (χ4n) is 3.31. The first-order chi connectivity index (χ1) is 16.7. The van der Waals surface area contributed by atoms with Crippen LogP contribution in [0.25, 0.3) is 6.08 Å². The number of amides is 1. The number of nitrogens with one attached hydrogen (secondary N) is 1. The third-order valence-corrected chi connectivity index (χ3v) is 8.56. The van der Waals surface area contributed by atoms with Gasteiger partial charge in [-0.25, -0.2) is 8.42 Å². The topological polar surface area (TPSA) is 131 Å². The second kappa shape index (κ2) is 9.02. The third kappa shape index (κ3) is 4.51. The molecule has 3 heterocycles. The number of carbonyl (C=O) groups excluding carboxylic acids is 1. The lowest BCUT2D eigenvalue weighted by atomic mass is 10.1. The lowest BCUT2D eigenvalue weighted by Gasteiger charge is -2.20. The molecule has 0 atom stereocenters. The summed E-state index contributed by atoms with van der Waals surface area (Å²) >= 11 is 7.14. The van der Waals surface area contributed by atoms with Crippen molar-refractivity contribution in [3.05, 3.63) is 58.1 Å². The van der Waals surface area contributed by atoms with E-state index in [1.54, 1.807) is 18.2 Å². The Morgan fingerprint density at radius 2 is 2.03 bits per heavy atom. The number of sulfone groups is 1. The van der Waals surface area contributed by atoms with Gasteiger partial charge in [0.25, 0.3) is 5.91 Å². The summed E-state index contributed by atoms with van der Waals surface area (Å²) in [6, 6.07) is 10.4. The van der Waals surface area contributed by atoms with Crippen molar-refractivity contribution >= 4 is 60.6 Å². The third-order valence-electron chi connectivity index (χ3n) is 5.18. The van der Waals surface area contributed by atoms with E-state index in [9.17, 15) is 13.2 Å². The van der Waals surface area contributed by atoms with E-state index in [-0.39, 0.29) is 40.1 Å². The van der Waals surface area contributed by atoms with Crippen LogP contribution in [0.4, 0.5) is 0 Å². The molecule has 0 aliphatic carbocycles. The number of nitrogens with zero attached hydrogens (tertiary/aromatic N) is 3. The highest BCUT2D eigenvalue weighted by Crippen LogP contribution is 2.34. The van der Waals surface area contributed by atoms with Gasteiger partial charge >= 0.3 is 0 Å². The molecule has 0 saturated heterocycles. The molecule has 0 saturated carbocycles. The fourth-order valence-corrected chi connectivity index (χ4v) is 5.71. The quantitative estimate of drug-likeness (QED) is 0.577. The molecule has 35 heavy (non-hydrogen) atoms. The zero-order valence-electron chi connectivity index (χ0n) is 18.1. The zero-order valence-corrected chi connectivity index (χ0v) is 20.5. The van der Waals surface area contributed by atoms with Crippen molar-refractivity contribution in [1.29, 1.82) is 5.41 Å². The van der Waals surface area contributed by atoms with Gasteiger partial charge in [-0.15, -0.1) is 5.10 Å². The molecule has 0 bridgehead atoms. The first-order valence-corrected chi connectivity index (χ1v) is 13.1. The van der Waals surface area contributed by atoms with Crippen LogP contribution in [0.1, 0.15) is 18.1 Å². The largest absolute Gasteiger partial charge is 0.487 e. The molecule has 0 aromatic heterocycles. The van der Waals surface area contributed by atoms with Gasteiger partial charge in [-0.3, -0.25) is 10.2 Å². The Morgan fingerprint density at radius 3 is 2.80 bits per heavy atom. The molecule has 13 heteroatoms. The molecule has 180 valence electrons. The van der Waals surface area contributed by atoms with Crippen molar-refractivity contribution in [2.75, 3.05) is 12.5 Å². The van der Waals surface area contributed by atoms with Crippen molar-refractivity contribution in [3.63, 3.8) is 0 Å². The van der Waals surface area contributed by atoms with Gasteiger partial charge in [-0.1, -0.05) is 30.7 Å². The van der Waals surface area contributed by atoms with E-state index < -0.39 is 15.7 Å². The van der Waals surface area contributed by atoms with Crippen LogP contribution in [-0.4, -0.2) is 47.3 Å². The Morgan fingerprint density at radius 1 is 1.23 bits per heavy atom. The van der Waals surface area contributed by atoms with Crippen LogP contribution in [0.2, 0.25) is 5.02 Å². The number of hydrogen-bond acceptors (Lipinski definition) is 9. The number of fused-ring (bicyclic) bond motifs is 2. The minimum absolute atomic E-state index is 0.0365. The maximum absolute atomic E-state index is 12.6. The summed E-state index contributed by atoms with van der Waals surface area (Å²) in [7, 11) is -3.59. The fraction of sp³-hybridized carbons (Fsp3) is 0.182. The normalized spacial score (nSPS) is 18.0. The Hall–Kier alpha value is -3.35. The average Bonchev–Trinajstić information content (AvgIpc) is 3.48. The number of aliphatic imine (C=N–C) groups is 1. The van der Waals surface area contributed by atoms with E-state index in [1.807, 2.05) is 18.2 Å². The van der Waals surface area contributed by atoms with Crippen molar-refractivity contribution < 1.29 is 27.4 Å². The molecule has 2 aromatic carbocycles. The molecule has 0 radical (unpaired) electrons. The smallest absolute Gasteiger partial charge is 0.283 e. The van der Waals surface area contributed by atoms with Crippen molar-refractivity contribution in [3.8, 4) is 17.2 Å². The van der Waals surface area contributed by atoms with E-state index in [4.69, 9.17) is 31.2 Å². The molecule has 10 nitrogen and oxygen atoms in total. The van der Waals surface area contributed by atoms with Crippen molar-refractivity contribution in [1.82, 2.24) is 5.01 Å². The maximum Gasteiger partial charge on any atom is 0.283 e. The van der Waals surface area contributed by atoms with Crippen LogP contribution in [0.3, 0.4) is 0 Å². The number of rotatable bonds is 5. The second-order valence-electron chi connectivity index (χ2n) is 7.46. The van der Waals surface area contributed by atoms with Gasteiger partial charge in [0.05, 0.1) is 16.3 Å². The van der Waals surface area contributed by atoms with Gasteiger partial charge in [-0.2, -0.15) is 10.0 Å². The van der Waals surface area contributed by atoms with E-state index in [0.717, 1.165) is 22.3 Å². The summed E-state index contributed by atoms with van der Waals surface area (Å²) in [5.74, 6) is 0.693. The summed E-state index contributed by atoms with van der Waals surface area (Å²) in [6.45, 7) is 1.94. The summed E-state index contributed by atoms with van der Waals surface area (Å²) in [5.41, 5.74) is 1.37.